The van der Waals surface area contributed by atoms with Gasteiger partial charge in [-0.1, -0.05) is 22.9 Å². The highest BCUT2D eigenvalue weighted by Gasteiger charge is 2.14. The van der Waals surface area contributed by atoms with Gasteiger partial charge in [-0.15, -0.1) is 10.2 Å². The first-order chi connectivity index (χ1) is 9.11. The number of nitrogens with zero attached hydrogens (tertiary/aromatic N) is 2. The molecule has 102 valence electrons. The van der Waals surface area contributed by atoms with E-state index in [-0.39, 0.29) is 19.0 Å². The van der Waals surface area contributed by atoms with E-state index >= 15 is 0 Å². The number of hydrogen-bond donors (Lipinski definition) is 2. The molecule has 0 aliphatic carbocycles. The zero-order valence-corrected chi connectivity index (χ0v) is 11.3. The van der Waals surface area contributed by atoms with Crippen LogP contribution in [0.5, 0.6) is 5.75 Å². The maximum Gasteiger partial charge on any atom is 0.165 e. The Balaban J connectivity index is 2.22. The molecule has 0 amide bonds. The van der Waals surface area contributed by atoms with Gasteiger partial charge in [0, 0.05) is 11.6 Å². The second-order valence-corrected chi connectivity index (χ2v) is 5.00. The van der Waals surface area contributed by atoms with Crippen molar-refractivity contribution in [3.63, 3.8) is 0 Å². The van der Waals surface area contributed by atoms with Crippen molar-refractivity contribution >= 4 is 22.9 Å². The molecular formula is C11H11ClFN3O2S. The molecule has 5 nitrogen and oxygen atoms in total. The molecule has 19 heavy (non-hydrogen) atoms. The lowest BCUT2D eigenvalue weighted by Gasteiger charge is -2.12. The molecule has 0 fully saturated rings. The third-order valence-corrected chi connectivity index (χ3v) is 3.34. The Bertz CT molecular complexity index is 553. The summed E-state index contributed by atoms with van der Waals surface area (Å²) in [6, 6.07) is 2.03. The first kappa shape index (κ1) is 14.1. The molecule has 1 aromatic heterocycles. The molecule has 0 radical (unpaired) electrons. The van der Waals surface area contributed by atoms with Crippen molar-refractivity contribution < 1.29 is 14.2 Å². The topological polar surface area (TPSA) is 81.3 Å². The van der Waals surface area contributed by atoms with Crippen LogP contribution < -0.4 is 10.5 Å². The number of halogens is 2. The maximum atomic E-state index is 13.8. The summed E-state index contributed by atoms with van der Waals surface area (Å²) in [5.41, 5.74) is 7.46. The number of ether oxygens (including phenoxy) is 1. The average Bonchev–Trinajstić information content (AvgIpc) is 2.92. The zero-order chi connectivity index (χ0) is 13.8. The van der Waals surface area contributed by atoms with Crippen molar-refractivity contribution in [3.8, 4) is 16.3 Å². The maximum absolute atomic E-state index is 13.8. The van der Waals surface area contributed by atoms with E-state index in [1.165, 1.54) is 29.0 Å². The van der Waals surface area contributed by atoms with Crippen LogP contribution in [0.1, 0.15) is 0 Å². The van der Waals surface area contributed by atoms with Gasteiger partial charge in [0.05, 0.1) is 17.7 Å². The van der Waals surface area contributed by atoms with Crippen LogP contribution in [0.25, 0.3) is 10.6 Å². The van der Waals surface area contributed by atoms with Crippen LogP contribution in [-0.4, -0.2) is 34.6 Å². The molecule has 2 rings (SSSR count). The molecule has 1 atom stereocenters. The van der Waals surface area contributed by atoms with E-state index in [2.05, 4.69) is 10.2 Å². The molecule has 0 bridgehead atoms. The Morgan fingerprint density at radius 2 is 2.32 bits per heavy atom. The van der Waals surface area contributed by atoms with Crippen molar-refractivity contribution in [2.75, 3.05) is 13.2 Å². The molecular weight excluding hydrogens is 293 g/mol. The lowest BCUT2D eigenvalue weighted by Crippen LogP contribution is -2.31. The van der Waals surface area contributed by atoms with E-state index in [1.807, 2.05) is 0 Å². The van der Waals surface area contributed by atoms with E-state index in [9.17, 15) is 4.39 Å². The van der Waals surface area contributed by atoms with E-state index in [0.29, 0.717) is 15.6 Å². The van der Waals surface area contributed by atoms with Crippen LogP contribution in [-0.2, 0) is 0 Å². The highest BCUT2D eigenvalue weighted by atomic mass is 35.5. The zero-order valence-electron chi connectivity index (χ0n) is 9.72. The summed E-state index contributed by atoms with van der Waals surface area (Å²) in [6.45, 7) is -0.236. The minimum absolute atomic E-state index is 0.00189. The van der Waals surface area contributed by atoms with Crippen LogP contribution in [0.4, 0.5) is 4.39 Å². The molecule has 1 aromatic carbocycles. The minimum Gasteiger partial charge on any atom is -0.489 e. The second kappa shape index (κ2) is 6.25. The van der Waals surface area contributed by atoms with Crippen LogP contribution in [0, 0.1) is 5.82 Å². The highest BCUT2D eigenvalue weighted by molar-refractivity contribution is 7.12. The van der Waals surface area contributed by atoms with Gasteiger partial charge in [-0.25, -0.2) is 4.39 Å². The number of hydrogen-bond acceptors (Lipinski definition) is 6. The summed E-state index contributed by atoms with van der Waals surface area (Å²) in [6.07, 6.45) is 0. The summed E-state index contributed by atoms with van der Waals surface area (Å²) in [4.78, 5) is 0. The Hall–Kier alpha value is -1.28. The smallest absolute Gasteiger partial charge is 0.165 e. The van der Waals surface area contributed by atoms with Crippen LogP contribution in [0.15, 0.2) is 17.6 Å². The predicted molar refractivity (Wildman–Crippen MR) is 70.9 cm³/mol. The van der Waals surface area contributed by atoms with Crippen LogP contribution in [0.2, 0.25) is 5.02 Å². The standard InChI is InChI=1S/C11H11ClFN3O2S/c12-8-2-10(18-4-6(14)3-17)9(13)1-7(8)11-16-15-5-19-11/h1-2,5-6,17H,3-4,14H2/t6-/m1/s1. The van der Waals surface area contributed by atoms with Gasteiger partial charge in [0.15, 0.2) is 11.6 Å². The Morgan fingerprint density at radius 1 is 1.53 bits per heavy atom. The van der Waals surface area contributed by atoms with Gasteiger partial charge in [0.2, 0.25) is 0 Å². The minimum atomic E-state index is -0.570. The number of nitrogens with two attached hydrogens (primary N) is 1. The molecule has 1 heterocycles. The fraction of sp³-hybridized carbons (Fsp3) is 0.273. The largest absolute Gasteiger partial charge is 0.489 e. The van der Waals surface area contributed by atoms with E-state index in [0.717, 1.165) is 0 Å². The number of rotatable bonds is 5. The SMILES string of the molecule is N[C@H](CO)COc1cc(Cl)c(-c2nncs2)cc1F. The summed E-state index contributed by atoms with van der Waals surface area (Å²) in [5.74, 6) is -0.582. The van der Waals surface area contributed by atoms with Gasteiger partial charge in [-0.05, 0) is 6.07 Å². The van der Waals surface area contributed by atoms with E-state index in [4.69, 9.17) is 27.2 Å². The van der Waals surface area contributed by atoms with Crippen molar-refractivity contribution in [1.29, 1.82) is 0 Å². The monoisotopic (exact) mass is 303 g/mol. The summed E-state index contributed by atoms with van der Waals surface area (Å²) in [7, 11) is 0. The highest BCUT2D eigenvalue weighted by Crippen LogP contribution is 2.33. The normalized spacial score (nSPS) is 12.4. The van der Waals surface area contributed by atoms with Crippen LogP contribution in [0.3, 0.4) is 0 Å². The average molecular weight is 304 g/mol. The van der Waals surface area contributed by atoms with Crippen molar-refractivity contribution in [2.24, 2.45) is 5.73 Å². The number of aromatic nitrogens is 2. The first-order valence-electron chi connectivity index (χ1n) is 5.36. The molecule has 0 aliphatic heterocycles. The molecule has 0 saturated heterocycles. The van der Waals surface area contributed by atoms with Gasteiger partial charge in [-0.3, -0.25) is 0 Å². The fourth-order valence-electron chi connectivity index (χ4n) is 1.34. The third kappa shape index (κ3) is 3.38. The van der Waals surface area contributed by atoms with Gasteiger partial charge in [0.25, 0.3) is 0 Å². The van der Waals surface area contributed by atoms with Crippen molar-refractivity contribution in [3.05, 3.63) is 28.5 Å². The van der Waals surface area contributed by atoms with Gasteiger partial charge >= 0.3 is 0 Å². The van der Waals surface area contributed by atoms with Crippen LogP contribution >= 0.6 is 22.9 Å². The van der Waals surface area contributed by atoms with Gasteiger partial charge < -0.3 is 15.6 Å². The molecule has 0 saturated carbocycles. The Labute approximate surface area is 117 Å². The van der Waals surface area contributed by atoms with Gasteiger partial charge in [0.1, 0.15) is 17.1 Å². The Morgan fingerprint density at radius 3 is 2.95 bits per heavy atom. The number of aliphatic hydroxyl groups excluding tert-OH is 1. The summed E-state index contributed by atoms with van der Waals surface area (Å²) < 4.78 is 19.0. The summed E-state index contributed by atoms with van der Waals surface area (Å²) >= 11 is 7.31. The molecule has 2 aromatic rings. The van der Waals surface area contributed by atoms with E-state index < -0.39 is 11.9 Å². The quantitative estimate of drug-likeness (QED) is 0.878. The third-order valence-electron chi connectivity index (χ3n) is 2.30. The Kier molecular flexibility index (Phi) is 4.65. The van der Waals surface area contributed by atoms with Crippen molar-refractivity contribution in [1.82, 2.24) is 10.2 Å². The summed E-state index contributed by atoms with van der Waals surface area (Å²) in [5, 5.41) is 17.1. The van der Waals surface area contributed by atoms with Gasteiger partial charge in [-0.2, -0.15) is 0 Å². The fourth-order valence-corrected chi connectivity index (χ4v) is 2.23. The lowest BCUT2D eigenvalue weighted by molar-refractivity contribution is 0.202. The second-order valence-electron chi connectivity index (χ2n) is 3.76. The lowest BCUT2D eigenvalue weighted by atomic mass is 10.2. The molecule has 3 N–H and O–H groups in total. The molecule has 8 heteroatoms. The predicted octanol–water partition coefficient (Wildman–Crippen LogP) is 1.70. The number of benzene rings is 1. The number of aliphatic hydroxyl groups is 1. The molecule has 0 unspecified atom stereocenters. The van der Waals surface area contributed by atoms with Crippen molar-refractivity contribution in [2.45, 2.75) is 6.04 Å². The molecule has 0 spiro atoms. The van der Waals surface area contributed by atoms with E-state index in [1.54, 1.807) is 0 Å². The molecule has 0 aliphatic rings. The first-order valence-corrected chi connectivity index (χ1v) is 6.62.